The summed E-state index contributed by atoms with van der Waals surface area (Å²) < 4.78 is 16.7. The Kier molecular flexibility index (Phi) is 61.6. The fourth-order valence-corrected chi connectivity index (χ4v) is 7.62. The van der Waals surface area contributed by atoms with Crippen LogP contribution in [0.15, 0.2) is 207 Å². The number of hydrogen-bond acceptors (Lipinski definition) is 6. The van der Waals surface area contributed by atoms with E-state index in [1.165, 1.54) is 0 Å². The van der Waals surface area contributed by atoms with Gasteiger partial charge in [0.2, 0.25) is 0 Å². The molecule has 0 spiro atoms. The Morgan fingerprint density at radius 2 is 0.481 bits per heavy atom. The van der Waals surface area contributed by atoms with Crippen LogP contribution in [0.1, 0.15) is 226 Å². The maximum atomic E-state index is 12.8. The van der Waals surface area contributed by atoms with Crippen molar-refractivity contribution in [2.75, 3.05) is 13.2 Å². The van der Waals surface area contributed by atoms with Gasteiger partial charge in [-0.1, -0.05) is 259 Å². The normalized spacial score (nSPS) is 13.6. The molecule has 0 heterocycles. The molecule has 0 bridgehead atoms. The molecule has 0 saturated heterocycles. The molecule has 448 valence electrons. The Balaban J connectivity index is 4.29. The van der Waals surface area contributed by atoms with Crippen molar-refractivity contribution < 1.29 is 28.6 Å². The first-order valence-electron chi connectivity index (χ1n) is 31.6. The molecule has 0 aliphatic rings. The highest BCUT2D eigenvalue weighted by Crippen LogP contribution is 2.11. The molecule has 81 heavy (non-hydrogen) atoms. The molecule has 0 aromatic heterocycles. The molecule has 1 unspecified atom stereocenters. The van der Waals surface area contributed by atoms with Crippen LogP contribution in [0.3, 0.4) is 0 Å². The van der Waals surface area contributed by atoms with Crippen LogP contribution in [0.25, 0.3) is 0 Å². The van der Waals surface area contributed by atoms with E-state index in [2.05, 4.69) is 227 Å². The molecule has 0 aromatic carbocycles. The third kappa shape index (κ3) is 64.7. The number of hydrogen-bond donors (Lipinski definition) is 0. The number of rotatable bonds is 54. The van der Waals surface area contributed by atoms with Crippen LogP contribution in [0.4, 0.5) is 0 Å². The van der Waals surface area contributed by atoms with Gasteiger partial charge in [0, 0.05) is 19.3 Å². The lowest BCUT2D eigenvalue weighted by molar-refractivity contribution is -0.167. The molecule has 0 N–H and O–H groups in total. The summed E-state index contributed by atoms with van der Waals surface area (Å²) in [5.74, 6) is -1.03. The van der Waals surface area contributed by atoms with Crippen molar-refractivity contribution in [2.45, 2.75) is 232 Å². The second kappa shape index (κ2) is 66.5. The first-order chi connectivity index (χ1) is 40.0. The Hall–Kier alpha value is -6.01. The van der Waals surface area contributed by atoms with Crippen LogP contribution in [0.5, 0.6) is 0 Å². The lowest BCUT2D eigenvalue weighted by atomic mass is 10.1. The van der Waals surface area contributed by atoms with E-state index in [4.69, 9.17) is 14.2 Å². The third-order valence-corrected chi connectivity index (χ3v) is 12.3. The molecule has 1 atom stereocenters. The molecule has 6 nitrogen and oxygen atoms in total. The monoisotopic (exact) mass is 1110 g/mol. The molecular weight excluding hydrogens is 997 g/mol. The highest BCUT2D eigenvalue weighted by molar-refractivity contribution is 5.71. The smallest absolute Gasteiger partial charge is 0.306 e. The standard InChI is InChI=1S/C75H112O6/c1-4-7-10-13-15-17-19-21-23-25-27-29-31-33-35-36-37-38-40-41-43-45-47-49-51-53-55-57-59-62-65-68-74(77)80-71-72(70-79-73(76)67-64-61-12-9-6-3)81-75(78)69-66-63-60-58-56-54-52-50-48-46-44-42-39-34-32-30-28-26-24-22-20-18-16-14-11-8-5-2/h7-8,10-11,15-18,21-24,27-30,33-35,37-39,41,43-44,46-47,49-50,52-53,55-56,58,72H,4-6,9,12-14,19-20,25-26,31-32,36,40,42,45,48,51,54,57,59-71H2,1-3H3/b10-7-,11-8-,17-15-,18-16-,23-21-,24-22-,29-27-,30-28-,35-33-,38-37-,39-34-,43-41-,46-44-,49-47-,52-50-,55-53-,58-56-. The van der Waals surface area contributed by atoms with Crippen LogP contribution >= 0.6 is 0 Å². The van der Waals surface area contributed by atoms with Crippen LogP contribution in [-0.4, -0.2) is 37.2 Å². The minimum Gasteiger partial charge on any atom is -0.462 e. The van der Waals surface area contributed by atoms with Crippen molar-refractivity contribution in [1.29, 1.82) is 0 Å². The average Bonchev–Trinajstić information content (AvgIpc) is 3.47. The van der Waals surface area contributed by atoms with Crippen LogP contribution in [0.2, 0.25) is 0 Å². The number of esters is 3. The Bertz CT molecular complexity index is 2000. The summed E-state index contributed by atoms with van der Waals surface area (Å²) in [5.41, 5.74) is 0. The predicted molar refractivity (Wildman–Crippen MR) is 352 cm³/mol. The van der Waals surface area contributed by atoms with Crippen LogP contribution in [-0.2, 0) is 28.6 Å². The van der Waals surface area contributed by atoms with E-state index >= 15 is 0 Å². The van der Waals surface area contributed by atoms with Gasteiger partial charge in [-0.25, -0.2) is 0 Å². The molecule has 0 radical (unpaired) electrons. The Labute approximate surface area is 496 Å². The maximum absolute atomic E-state index is 12.8. The highest BCUT2D eigenvalue weighted by atomic mass is 16.6. The second-order valence-electron chi connectivity index (χ2n) is 19.9. The van der Waals surface area contributed by atoms with Gasteiger partial charge in [-0.05, 0) is 154 Å². The first-order valence-corrected chi connectivity index (χ1v) is 31.6. The van der Waals surface area contributed by atoms with Gasteiger partial charge >= 0.3 is 17.9 Å². The van der Waals surface area contributed by atoms with Gasteiger partial charge < -0.3 is 14.2 Å². The zero-order chi connectivity index (χ0) is 58.5. The van der Waals surface area contributed by atoms with Gasteiger partial charge in [0.25, 0.3) is 0 Å². The van der Waals surface area contributed by atoms with Gasteiger partial charge in [0.05, 0.1) is 0 Å². The number of unbranched alkanes of at least 4 members (excludes halogenated alkanes) is 9. The van der Waals surface area contributed by atoms with Crippen molar-refractivity contribution in [2.24, 2.45) is 0 Å². The molecule has 0 saturated carbocycles. The van der Waals surface area contributed by atoms with Crippen molar-refractivity contribution >= 4 is 17.9 Å². The SMILES string of the molecule is CC/C=C\C/C=C\C/C=C\C/C=C\C/C=C\C/C=C\C/C=C\C/C=C\C/C=C\CCCCCC(=O)OCC(COC(=O)CCCCCCC)OC(=O)CCCC/C=C\C/C=C\C/C=C\C/C=C\C/C=C\C/C=C\C/C=C\C/C=C\CC. The lowest BCUT2D eigenvalue weighted by Gasteiger charge is -2.18. The summed E-state index contributed by atoms with van der Waals surface area (Å²) in [5, 5.41) is 0. The molecule has 0 aliphatic carbocycles. The fourth-order valence-electron chi connectivity index (χ4n) is 7.62. The van der Waals surface area contributed by atoms with E-state index in [0.29, 0.717) is 19.3 Å². The Morgan fingerprint density at radius 3 is 0.765 bits per heavy atom. The number of carbonyl (C=O) groups excluding carboxylic acids is 3. The van der Waals surface area contributed by atoms with E-state index in [0.717, 1.165) is 180 Å². The molecule has 0 rings (SSSR count). The van der Waals surface area contributed by atoms with E-state index in [9.17, 15) is 14.4 Å². The van der Waals surface area contributed by atoms with Gasteiger partial charge in [-0.2, -0.15) is 0 Å². The molecule has 0 aromatic rings. The summed E-state index contributed by atoms with van der Waals surface area (Å²) >= 11 is 0. The fraction of sp³-hybridized carbons (Fsp3) is 0.507. The minimum absolute atomic E-state index is 0.119. The first kappa shape index (κ1) is 75.0. The Morgan fingerprint density at radius 1 is 0.259 bits per heavy atom. The second-order valence-corrected chi connectivity index (χ2v) is 19.9. The van der Waals surface area contributed by atoms with Crippen molar-refractivity contribution in [3.8, 4) is 0 Å². The molecular formula is C75H112O6. The van der Waals surface area contributed by atoms with Crippen molar-refractivity contribution in [3.05, 3.63) is 207 Å². The zero-order valence-electron chi connectivity index (χ0n) is 51.2. The van der Waals surface area contributed by atoms with Crippen LogP contribution in [0, 0.1) is 0 Å². The summed E-state index contributed by atoms with van der Waals surface area (Å²) in [6, 6.07) is 0. The van der Waals surface area contributed by atoms with E-state index in [-0.39, 0.29) is 37.5 Å². The molecule has 6 heteroatoms. The van der Waals surface area contributed by atoms with Crippen molar-refractivity contribution in [3.63, 3.8) is 0 Å². The molecule has 0 aliphatic heterocycles. The van der Waals surface area contributed by atoms with Gasteiger partial charge in [0.15, 0.2) is 6.10 Å². The topological polar surface area (TPSA) is 78.9 Å². The number of carbonyl (C=O) groups is 3. The largest absolute Gasteiger partial charge is 0.462 e. The van der Waals surface area contributed by atoms with E-state index in [1.807, 2.05) is 0 Å². The van der Waals surface area contributed by atoms with Crippen LogP contribution < -0.4 is 0 Å². The molecule has 0 fully saturated rings. The third-order valence-electron chi connectivity index (χ3n) is 12.3. The van der Waals surface area contributed by atoms with Gasteiger partial charge in [-0.3, -0.25) is 14.4 Å². The summed E-state index contributed by atoms with van der Waals surface area (Å²) in [4.78, 5) is 37.9. The minimum atomic E-state index is -0.825. The van der Waals surface area contributed by atoms with E-state index < -0.39 is 6.10 Å². The van der Waals surface area contributed by atoms with Gasteiger partial charge in [0.1, 0.15) is 13.2 Å². The zero-order valence-corrected chi connectivity index (χ0v) is 51.2. The molecule has 0 amide bonds. The predicted octanol–water partition coefficient (Wildman–Crippen LogP) is 22.0. The number of ether oxygens (including phenoxy) is 3. The average molecular weight is 1110 g/mol. The lowest BCUT2D eigenvalue weighted by Crippen LogP contribution is -2.30. The number of allylic oxidation sites excluding steroid dienone is 34. The van der Waals surface area contributed by atoms with Gasteiger partial charge in [-0.15, -0.1) is 0 Å². The summed E-state index contributed by atoms with van der Waals surface area (Å²) in [6.45, 7) is 6.23. The van der Waals surface area contributed by atoms with Crippen molar-refractivity contribution in [1.82, 2.24) is 0 Å². The summed E-state index contributed by atoms with van der Waals surface area (Å²) in [6.07, 6.45) is 103. The van der Waals surface area contributed by atoms with E-state index in [1.54, 1.807) is 0 Å². The highest BCUT2D eigenvalue weighted by Gasteiger charge is 2.19. The quantitative estimate of drug-likeness (QED) is 0.0261. The maximum Gasteiger partial charge on any atom is 0.306 e. The summed E-state index contributed by atoms with van der Waals surface area (Å²) in [7, 11) is 0.